The van der Waals surface area contributed by atoms with Crippen LogP contribution in [0.15, 0.2) is 0 Å². The molecule has 0 saturated carbocycles. The van der Waals surface area contributed by atoms with E-state index < -0.39 is 0 Å². The summed E-state index contributed by atoms with van der Waals surface area (Å²) in [5.74, 6) is -0.508. The van der Waals surface area contributed by atoms with E-state index in [1.165, 1.54) is 11.9 Å². The monoisotopic (exact) mass is 254 g/mol. The van der Waals surface area contributed by atoms with E-state index in [2.05, 4.69) is 13.8 Å². The Kier molecular flexibility index (Phi) is 2.15. The predicted molar refractivity (Wildman–Crippen MR) is 65.3 cm³/mol. The summed E-state index contributed by atoms with van der Waals surface area (Å²) in [6.45, 7) is 5.49. The molecular formula is C12H15FN2OS. The van der Waals surface area contributed by atoms with Gasteiger partial charge in [-0.25, -0.2) is 0 Å². The molecule has 0 aromatic carbocycles. The first-order chi connectivity index (χ1) is 7.94. The Morgan fingerprint density at radius 3 is 2.76 bits per heavy atom. The zero-order valence-electron chi connectivity index (χ0n) is 10.2. The van der Waals surface area contributed by atoms with E-state index >= 15 is 0 Å². The van der Waals surface area contributed by atoms with Crippen molar-refractivity contribution in [2.45, 2.75) is 33.4 Å². The molecular weight excluding hydrogens is 239 g/mol. The Hall–Kier alpha value is -0.970. The molecule has 0 atom stereocenters. The van der Waals surface area contributed by atoms with Gasteiger partial charge < -0.3 is 4.57 Å². The smallest absolute Gasteiger partial charge is 0.269 e. The molecule has 0 N–H and O–H groups in total. The summed E-state index contributed by atoms with van der Waals surface area (Å²) in [5.41, 5.74) is 2.34. The average molecular weight is 254 g/mol. The molecule has 92 valence electrons. The Morgan fingerprint density at radius 2 is 2.12 bits per heavy atom. The Labute approximate surface area is 104 Å². The normalized spacial score (nSPS) is 20.9. The number of carbonyl (C=O) groups excluding carboxylic acids is 1. The molecule has 0 saturated heterocycles. The summed E-state index contributed by atoms with van der Waals surface area (Å²) in [4.78, 5) is 12.0. The van der Waals surface area contributed by atoms with Crippen molar-refractivity contribution in [3.05, 3.63) is 22.8 Å². The first-order valence-corrected chi connectivity index (χ1v) is 6.88. The minimum Gasteiger partial charge on any atom is -0.320 e. The Morgan fingerprint density at radius 1 is 1.41 bits per heavy atom. The topological polar surface area (TPSA) is 25.2 Å². The number of nitrogens with zero attached hydrogens (tertiary/aromatic N) is 2. The fraction of sp³-hybridized carbons (Fsp3) is 0.583. The van der Waals surface area contributed by atoms with Gasteiger partial charge in [0.25, 0.3) is 5.91 Å². The van der Waals surface area contributed by atoms with Crippen LogP contribution in [-0.4, -0.2) is 21.0 Å². The Balaban J connectivity index is 2.12. The van der Waals surface area contributed by atoms with E-state index in [1.54, 1.807) is 8.87 Å². The molecule has 2 aliphatic heterocycles. The highest BCUT2D eigenvalue weighted by Gasteiger charge is 2.42. The minimum absolute atomic E-state index is 0.0982. The third-order valence-electron chi connectivity index (χ3n) is 3.61. The first-order valence-electron chi connectivity index (χ1n) is 5.70. The van der Waals surface area contributed by atoms with Crippen LogP contribution in [0.1, 0.15) is 35.5 Å². The summed E-state index contributed by atoms with van der Waals surface area (Å²) in [6.07, 6.45) is 2.70. The lowest BCUT2D eigenvalue weighted by Crippen LogP contribution is -2.18. The summed E-state index contributed by atoms with van der Waals surface area (Å²) in [5, 5.41) is 0. The standard InChI is InChI=1S/C12H15FN2OS/c1-12(2)4-8-7-5-15(17-3)11(16)9(7)10(13)14(8)6-12/h4-6H2,1-3H3. The maximum absolute atomic E-state index is 14.2. The SMILES string of the molecule is CSN1Cc2c(c(F)n3c2CC(C)(C)C3)C1=O. The molecule has 5 heteroatoms. The van der Waals surface area contributed by atoms with Crippen LogP contribution in [-0.2, 0) is 19.5 Å². The van der Waals surface area contributed by atoms with E-state index in [-0.39, 0.29) is 17.3 Å². The number of fused-ring (bicyclic) bond motifs is 3. The molecule has 1 aromatic rings. The van der Waals surface area contributed by atoms with Gasteiger partial charge in [0.1, 0.15) is 5.56 Å². The fourth-order valence-corrected chi connectivity index (χ4v) is 3.38. The molecule has 1 amide bonds. The fourth-order valence-electron chi connectivity index (χ4n) is 2.86. The second-order valence-corrected chi connectivity index (χ2v) is 6.35. The van der Waals surface area contributed by atoms with Gasteiger partial charge in [-0.1, -0.05) is 25.8 Å². The zero-order valence-corrected chi connectivity index (χ0v) is 11.0. The molecule has 0 radical (unpaired) electrons. The number of aromatic nitrogens is 1. The van der Waals surface area contributed by atoms with Crippen molar-refractivity contribution < 1.29 is 9.18 Å². The molecule has 1 aromatic heterocycles. The lowest BCUT2D eigenvalue weighted by atomic mass is 9.90. The maximum atomic E-state index is 14.2. The third kappa shape index (κ3) is 1.38. The number of amides is 1. The van der Waals surface area contributed by atoms with Crippen LogP contribution in [0.5, 0.6) is 0 Å². The van der Waals surface area contributed by atoms with E-state index in [1.807, 2.05) is 6.26 Å². The van der Waals surface area contributed by atoms with Crippen molar-refractivity contribution in [1.82, 2.24) is 8.87 Å². The van der Waals surface area contributed by atoms with E-state index in [0.29, 0.717) is 18.7 Å². The van der Waals surface area contributed by atoms with Crippen LogP contribution in [0.25, 0.3) is 0 Å². The molecule has 0 fully saturated rings. The summed E-state index contributed by atoms with van der Waals surface area (Å²) in [7, 11) is 0. The molecule has 3 nitrogen and oxygen atoms in total. The second-order valence-electron chi connectivity index (χ2n) is 5.54. The zero-order chi connectivity index (χ0) is 12.4. The molecule has 3 heterocycles. The quantitative estimate of drug-likeness (QED) is 0.719. The maximum Gasteiger partial charge on any atom is 0.269 e. The van der Waals surface area contributed by atoms with Gasteiger partial charge in [-0.05, 0) is 11.8 Å². The van der Waals surface area contributed by atoms with Gasteiger partial charge in [0, 0.05) is 24.1 Å². The van der Waals surface area contributed by atoms with Gasteiger partial charge in [0.15, 0.2) is 0 Å². The van der Waals surface area contributed by atoms with Gasteiger partial charge in [-0.15, -0.1) is 0 Å². The van der Waals surface area contributed by atoms with Crippen LogP contribution in [0.2, 0.25) is 0 Å². The van der Waals surface area contributed by atoms with Crippen molar-refractivity contribution in [2.75, 3.05) is 6.26 Å². The van der Waals surface area contributed by atoms with Crippen molar-refractivity contribution in [1.29, 1.82) is 0 Å². The Bertz CT molecular complexity index is 521. The van der Waals surface area contributed by atoms with Crippen molar-refractivity contribution >= 4 is 17.9 Å². The highest BCUT2D eigenvalue weighted by molar-refractivity contribution is 7.96. The second kappa shape index (κ2) is 3.28. The number of hydrogen-bond acceptors (Lipinski definition) is 2. The number of carbonyl (C=O) groups is 1. The largest absolute Gasteiger partial charge is 0.320 e. The van der Waals surface area contributed by atoms with Crippen molar-refractivity contribution in [3.8, 4) is 0 Å². The summed E-state index contributed by atoms with van der Waals surface area (Å²) in [6, 6.07) is 0. The van der Waals surface area contributed by atoms with Crippen LogP contribution in [0.3, 0.4) is 0 Å². The lowest BCUT2D eigenvalue weighted by Gasteiger charge is -2.15. The van der Waals surface area contributed by atoms with E-state index in [4.69, 9.17) is 0 Å². The van der Waals surface area contributed by atoms with Gasteiger partial charge in [0.05, 0.1) is 6.54 Å². The van der Waals surface area contributed by atoms with Crippen molar-refractivity contribution in [2.24, 2.45) is 5.41 Å². The van der Waals surface area contributed by atoms with Crippen LogP contribution in [0.4, 0.5) is 4.39 Å². The average Bonchev–Trinajstić information content (AvgIpc) is 2.81. The molecule has 2 aliphatic rings. The predicted octanol–water partition coefficient (Wildman–Crippen LogP) is 2.44. The minimum atomic E-state index is -0.331. The molecule has 0 unspecified atom stereocenters. The van der Waals surface area contributed by atoms with E-state index in [9.17, 15) is 9.18 Å². The van der Waals surface area contributed by atoms with Gasteiger partial charge in [-0.3, -0.25) is 9.10 Å². The van der Waals surface area contributed by atoms with Gasteiger partial charge in [0.2, 0.25) is 5.95 Å². The molecule has 3 rings (SSSR count). The third-order valence-corrected chi connectivity index (χ3v) is 4.35. The molecule has 0 aliphatic carbocycles. The molecule has 17 heavy (non-hydrogen) atoms. The van der Waals surface area contributed by atoms with Crippen LogP contribution < -0.4 is 0 Å². The number of halogens is 1. The van der Waals surface area contributed by atoms with Gasteiger partial charge >= 0.3 is 0 Å². The van der Waals surface area contributed by atoms with Crippen LogP contribution in [0, 0.1) is 11.4 Å². The lowest BCUT2D eigenvalue weighted by molar-refractivity contribution is 0.0884. The number of hydrogen-bond donors (Lipinski definition) is 0. The van der Waals surface area contributed by atoms with Crippen molar-refractivity contribution in [3.63, 3.8) is 0 Å². The van der Waals surface area contributed by atoms with E-state index in [0.717, 1.165) is 17.7 Å². The van der Waals surface area contributed by atoms with Crippen LogP contribution >= 0.6 is 11.9 Å². The molecule has 0 bridgehead atoms. The first kappa shape index (κ1) is 11.1. The summed E-state index contributed by atoms with van der Waals surface area (Å²) < 4.78 is 17.6. The molecule has 0 spiro atoms. The highest BCUT2D eigenvalue weighted by Crippen LogP contribution is 2.41. The van der Waals surface area contributed by atoms with Gasteiger partial charge in [-0.2, -0.15) is 4.39 Å². The number of rotatable bonds is 1. The summed E-state index contributed by atoms with van der Waals surface area (Å²) >= 11 is 1.36. The highest BCUT2D eigenvalue weighted by atomic mass is 32.2.